The van der Waals surface area contributed by atoms with Crippen molar-refractivity contribution in [3.05, 3.63) is 24.3 Å². The zero-order chi connectivity index (χ0) is 16.8. The molecule has 1 atom stereocenters. The first-order valence-corrected chi connectivity index (χ1v) is 10.6. The van der Waals surface area contributed by atoms with Gasteiger partial charge in [0.2, 0.25) is 0 Å². The molecule has 0 aliphatic rings. The van der Waals surface area contributed by atoms with Gasteiger partial charge in [-0.2, -0.15) is 0 Å². The molecule has 0 N–H and O–H groups in total. The lowest BCUT2D eigenvalue weighted by Crippen LogP contribution is -2.39. The Hall–Kier alpha value is -1.20. The molecule has 0 radical (unpaired) electrons. The van der Waals surface area contributed by atoms with Crippen molar-refractivity contribution >= 4 is 20.6 Å². The second-order valence-corrected chi connectivity index (χ2v) is 9.97. The first kappa shape index (κ1) is 20.8. The highest BCUT2D eigenvalue weighted by atomic mass is 28.4. The standard InChI is InChI=1S/C17H30O4Si/c1-5-22(6-2,7-3)21-16(13-11-15-18)12-9-8-10-14-17(19)20-4/h8-9,11,13,15-16H,5-7,10,12,14H2,1-4H3/b9-8-,13-11+/t16-/m1/s1. The summed E-state index contributed by atoms with van der Waals surface area (Å²) in [5, 5.41) is 0. The molecule has 0 aromatic carbocycles. The van der Waals surface area contributed by atoms with Crippen molar-refractivity contribution in [3.63, 3.8) is 0 Å². The van der Waals surface area contributed by atoms with Gasteiger partial charge >= 0.3 is 5.97 Å². The monoisotopic (exact) mass is 326 g/mol. The predicted octanol–water partition coefficient (Wildman–Crippen LogP) is 4.03. The van der Waals surface area contributed by atoms with Gasteiger partial charge in [0, 0.05) is 6.42 Å². The van der Waals surface area contributed by atoms with E-state index in [1.807, 2.05) is 18.2 Å². The molecule has 0 aliphatic heterocycles. The van der Waals surface area contributed by atoms with Gasteiger partial charge < -0.3 is 9.16 Å². The van der Waals surface area contributed by atoms with Gasteiger partial charge in [-0.3, -0.25) is 9.59 Å². The topological polar surface area (TPSA) is 52.6 Å². The molecule has 0 aromatic heterocycles. The molecule has 4 nitrogen and oxygen atoms in total. The second-order valence-electron chi connectivity index (χ2n) is 5.24. The summed E-state index contributed by atoms with van der Waals surface area (Å²) in [7, 11) is -0.304. The Morgan fingerprint density at radius 1 is 1.14 bits per heavy atom. The van der Waals surface area contributed by atoms with E-state index in [1.165, 1.54) is 13.2 Å². The van der Waals surface area contributed by atoms with E-state index in [2.05, 4.69) is 25.5 Å². The SMILES string of the molecule is CC[Si](CC)(CC)O[C@@H](/C=C/C=O)C/C=C\CCC(=O)OC. The molecule has 0 bridgehead atoms. The van der Waals surface area contributed by atoms with E-state index in [4.69, 9.17) is 4.43 Å². The van der Waals surface area contributed by atoms with Crippen molar-refractivity contribution in [2.75, 3.05) is 7.11 Å². The number of esters is 1. The quantitative estimate of drug-likeness (QED) is 0.179. The van der Waals surface area contributed by atoms with Gasteiger partial charge in [0.1, 0.15) is 6.29 Å². The second kappa shape index (κ2) is 12.4. The van der Waals surface area contributed by atoms with Gasteiger partial charge in [-0.15, -0.1) is 0 Å². The average Bonchev–Trinajstić information content (AvgIpc) is 2.56. The summed E-state index contributed by atoms with van der Waals surface area (Å²) < 4.78 is 11.0. The molecule has 0 amide bonds. The van der Waals surface area contributed by atoms with Crippen LogP contribution in [0.2, 0.25) is 18.1 Å². The minimum Gasteiger partial charge on any atom is -0.469 e. The maximum absolute atomic E-state index is 11.0. The van der Waals surface area contributed by atoms with E-state index in [9.17, 15) is 9.59 Å². The summed E-state index contributed by atoms with van der Waals surface area (Å²) >= 11 is 0. The maximum Gasteiger partial charge on any atom is 0.305 e. The molecule has 0 fully saturated rings. The normalized spacial score (nSPS) is 13.6. The Morgan fingerprint density at radius 2 is 1.77 bits per heavy atom. The van der Waals surface area contributed by atoms with Crippen molar-refractivity contribution in [1.82, 2.24) is 0 Å². The molecule has 0 saturated heterocycles. The maximum atomic E-state index is 11.0. The van der Waals surface area contributed by atoms with E-state index < -0.39 is 8.32 Å². The molecule has 0 heterocycles. The number of hydrogen-bond acceptors (Lipinski definition) is 4. The lowest BCUT2D eigenvalue weighted by Gasteiger charge is -2.31. The molecule has 0 aromatic rings. The van der Waals surface area contributed by atoms with Crippen LogP contribution < -0.4 is 0 Å². The fourth-order valence-corrected chi connectivity index (χ4v) is 5.12. The molecule has 0 unspecified atom stereocenters. The molecule has 0 rings (SSSR count). The predicted molar refractivity (Wildman–Crippen MR) is 92.3 cm³/mol. The first-order valence-electron chi connectivity index (χ1n) is 8.09. The van der Waals surface area contributed by atoms with E-state index in [0.29, 0.717) is 12.8 Å². The highest BCUT2D eigenvalue weighted by molar-refractivity contribution is 6.73. The number of carbonyl (C=O) groups excluding carboxylic acids is 2. The van der Waals surface area contributed by atoms with Gasteiger partial charge in [-0.25, -0.2) is 0 Å². The zero-order valence-corrected chi connectivity index (χ0v) is 15.3. The van der Waals surface area contributed by atoms with Gasteiger partial charge in [0.05, 0.1) is 13.2 Å². The lowest BCUT2D eigenvalue weighted by atomic mass is 10.2. The number of methoxy groups -OCH3 is 1. The Balaban J connectivity index is 4.58. The molecular formula is C17H30O4Si. The van der Waals surface area contributed by atoms with Gasteiger partial charge in [-0.1, -0.05) is 39.0 Å². The van der Waals surface area contributed by atoms with Crippen LogP contribution in [0.3, 0.4) is 0 Å². The summed E-state index contributed by atoms with van der Waals surface area (Å²) in [6.07, 6.45) is 9.82. The third-order valence-electron chi connectivity index (χ3n) is 4.02. The third-order valence-corrected chi connectivity index (χ3v) is 8.69. The summed E-state index contributed by atoms with van der Waals surface area (Å²) in [6, 6.07) is 3.24. The van der Waals surface area contributed by atoms with Crippen LogP contribution >= 0.6 is 0 Å². The van der Waals surface area contributed by atoms with Crippen molar-refractivity contribution in [3.8, 4) is 0 Å². The van der Waals surface area contributed by atoms with E-state index in [0.717, 1.165) is 30.8 Å². The van der Waals surface area contributed by atoms with Crippen LogP contribution in [0.5, 0.6) is 0 Å². The lowest BCUT2D eigenvalue weighted by molar-refractivity contribution is -0.140. The van der Waals surface area contributed by atoms with Crippen molar-refractivity contribution in [2.24, 2.45) is 0 Å². The summed E-state index contributed by atoms with van der Waals surface area (Å²) in [6.45, 7) is 6.56. The number of ether oxygens (including phenoxy) is 1. The summed E-state index contributed by atoms with van der Waals surface area (Å²) in [4.78, 5) is 21.6. The third kappa shape index (κ3) is 8.29. The Labute approximate surface area is 135 Å². The minimum atomic E-state index is -1.70. The van der Waals surface area contributed by atoms with Crippen molar-refractivity contribution in [1.29, 1.82) is 0 Å². The summed E-state index contributed by atoms with van der Waals surface area (Å²) in [5.74, 6) is -0.201. The number of allylic oxidation sites excluding steroid dienone is 2. The van der Waals surface area contributed by atoms with E-state index >= 15 is 0 Å². The van der Waals surface area contributed by atoms with Crippen LogP contribution in [0.1, 0.15) is 40.0 Å². The molecule has 0 aliphatic carbocycles. The Morgan fingerprint density at radius 3 is 2.27 bits per heavy atom. The molecule has 0 spiro atoms. The largest absolute Gasteiger partial charge is 0.469 e. The minimum absolute atomic E-state index is 0.0638. The number of aldehydes is 1. The molecule has 0 saturated carbocycles. The van der Waals surface area contributed by atoms with Gasteiger partial charge in [0.25, 0.3) is 0 Å². The fraction of sp³-hybridized carbons (Fsp3) is 0.647. The fourth-order valence-electron chi connectivity index (χ4n) is 2.31. The molecule has 22 heavy (non-hydrogen) atoms. The Kier molecular flexibility index (Phi) is 11.7. The number of rotatable bonds is 12. The average molecular weight is 327 g/mol. The highest BCUT2D eigenvalue weighted by Crippen LogP contribution is 2.25. The van der Waals surface area contributed by atoms with Crippen LogP contribution in [-0.4, -0.2) is 33.8 Å². The number of carbonyl (C=O) groups is 2. The van der Waals surface area contributed by atoms with E-state index in [1.54, 1.807) is 0 Å². The highest BCUT2D eigenvalue weighted by Gasteiger charge is 2.30. The first-order chi connectivity index (χ1) is 10.6. The van der Waals surface area contributed by atoms with Crippen LogP contribution in [0.15, 0.2) is 24.3 Å². The van der Waals surface area contributed by atoms with Crippen LogP contribution in [0, 0.1) is 0 Å². The van der Waals surface area contributed by atoms with E-state index in [-0.39, 0.29) is 12.1 Å². The van der Waals surface area contributed by atoms with Crippen LogP contribution in [0.25, 0.3) is 0 Å². The van der Waals surface area contributed by atoms with Crippen molar-refractivity contribution < 1.29 is 18.8 Å². The van der Waals surface area contributed by atoms with Gasteiger partial charge in [0.15, 0.2) is 8.32 Å². The molecule has 5 heteroatoms. The molecule has 126 valence electrons. The summed E-state index contributed by atoms with van der Waals surface area (Å²) in [5.41, 5.74) is 0. The zero-order valence-electron chi connectivity index (χ0n) is 14.3. The van der Waals surface area contributed by atoms with Crippen LogP contribution in [-0.2, 0) is 18.8 Å². The Bertz CT molecular complexity index is 365. The van der Waals surface area contributed by atoms with Gasteiger partial charge in [-0.05, 0) is 37.0 Å². The van der Waals surface area contributed by atoms with Crippen LogP contribution in [0.4, 0.5) is 0 Å². The number of hydrogen-bond donors (Lipinski definition) is 0. The smallest absolute Gasteiger partial charge is 0.305 e. The van der Waals surface area contributed by atoms with Crippen molar-refractivity contribution in [2.45, 2.75) is 64.3 Å². The molecular weight excluding hydrogens is 296 g/mol.